The fourth-order valence-corrected chi connectivity index (χ4v) is 8.10. The molecular formula is C39H55ClN4O6. The van der Waals surface area contributed by atoms with E-state index in [0.29, 0.717) is 25.3 Å². The summed E-state index contributed by atoms with van der Waals surface area (Å²) in [5.74, 6) is 0.789. The largest absolute Gasteiger partial charge is 0.490 e. The van der Waals surface area contributed by atoms with Gasteiger partial charge in [0.1, 0.15) is 29.7 Å². The number of hydrogen-bond donors (Lipinski definition) is 2. The van der Waals surface area contributed by atoms with Gasteiger partial charge in [-0.2, -0.15) is 0 Å². The van der Waals surface area contributed by atoms with Crippen LogP contribution in [-0.2, 0) is 16.0 Å². The molecular weight excluding hydrogens is 656 g/mol. The Morgan fingerprint density at radius 1 is 1.08 bits per heavy atom. The van der Waals surface area contributed by atoms with Crippen molar-refractivity contribution in [2.24, 2.45) is 22.9 Å². The van der Waals surface area contributed by atoms with Crippen molar-refractivity contribution in [3.05, 3.63) is 72.6 Å². The van der Waals surface area contributed by atoms with Gasteiger partial charge in [0.25, 0.3) is 0 Å². The third kappa shape index (κ3) is 8.30. The van der Waals surface area contributed by atoms with Crippen LogP contribution in [0.2, 0.25) is 0 Å². The van der Waals surface area contributed by atoms with Gasteiger partial charge in [-0.15, -0.1) is 23.3 Å². The molecule has 0 spiro atoms. The van der Waals surface area contributed by atoms with Crippen molar-refractivity contribution in [3.8, 4) is 11.5 Å². The summed E-state index contributed by atoms with van der Waals surface area (Å²) in [5, 5.41) is 33.5. The molecule has 1 fully saturated rings. The minimum Gasteiger partial charge on any atom is -0.490 e. The lowest BCUT2D eigenvalue weighted by atomic mass is 9.55. The maximum atomic E-state index is 9.83. The lowest BCUT2D eigenvalue weighted by Crippen LogP contribution is -2.63. The van der Waals surface area contributed by atoms with E-state index in [9.17, 15) is 10.2 Å². The molecule has 2 aliphatic carbocycles. The quantitative estimate of drug-likeness (QED) is 0.0674. The van der Waals surface area contributed by atoms with Gasteiger partial charge in [0.15, 0.2) is 0 Å². The predicted molar refractivity (Wildman–Crippen MR) is 196 cm³/mol. The van der Waals surface area contributed by atoms with Crippen molar-refractivity contribution < 1.29 is 29.3 Å². The number of allylic oxidation sites excluding steroid dienone is 1. The SMILES string of the molecule is C=CCOc1ccc2c(c1)[C@H]1[C@H](CCCCO)[C@@H](CCCCO)C=C3C(=NOC(C)(C)C)C[C@H](n4nncc4CCCCl)[C@@](OCC=C)(O2)[C@H]31. The van der Waals surface area contributed by atoms with Crippen molar-refractivity contribution in [2.45, 2.75) is 102 Å². The summed E-state index contributed by atoms with van der Waals surface area (Å²) in [5.41, 5.74) is 3.38. The van der Waals surface area contributed by atoms with E-state index in [1.807, 2.05) is 37.6 Å². The molecule has 0 unspecified atom stereocenters. The van der Waals surface area contributed by atoms with Gasteiger partial charge in [0.2, 0.25) is 5.79 Å². The number of halogens is 1. The Bertz CT molecular complexity index is 1500. The minimum atomic E-state index is -1.20. The highest BCUT2D eigenvalue weighted by atomic mass is 35.5. The highest BCUT2D eigenvalue weighted by Crippen LogP contribution is 2.63. The zero-order valence-electron chi connectivity index (χ0n) is 29.9. The van der Waals surface area contributed by atoms with Gasteiger partial charge in [0.05, 0.1) is 30.1 Å². The van der Waals surface area contributed by atoms with Crippen LogP contribution in [0, 0.1) is 17.8 Å². The Morgan fingerprint density at radius 2 is 1.84 bits per heavy atom. The Kier molecular flexibility index (Phi) is 13.2. The van der Waals surface area contributed by atoms with Crippen LogP contribution in [0.25, 0.3) is 0 Å². The molecule has 1 saturated carbocycles. The molecule has 0 radical (unpaired) electrons. The summed E-state index contributed by atoms with van der Waals surface area (Å²) in [6, 6.07) is 5.59. The normalized spacial score (nSPS) is 26.4. The number of nitrogens with zero attached hydrogens (tertiary/aromatic N) is 4. The van der Waals surface area contributed by atoms with Crippen molar-refractivity contribution in [2.75, 3.05) is 32.3 Å². The number of rotatable bonds is 19. The summed E-state index contributed by atoms with van der Waals surface area (Å²) in [6.45, 7) is 14.8. The number of alkyl halides is 1. The highest BCUT2D eigenvalue weighted by Gasteiger charge is 2.65. The van der Waals surface area contributed by atoms with Gasteiger partial charge in [-0.25, -0.2) is 4.68 Å². The molecule has 10 nitrogen and oxygen atoms in total. The first-order valence-corrected chi connectivity index (χ1v) is 18.7. The molecule has 5 rings (SSSR count). The number of aryl methyl sites for hydroxylation is 1. The summed E-state index contributed by atoms with van der Waals surface area (Å²) >= 11 is 6.16. The van der Waals surface area contributed by atoms with Crippen molar-refractivity contribution in [3.63, 3.8) is 0 Å². The van der Waals surface area contributed by atoms with E-state index >= 15 is 0 Å². The lowest BCUT2D eigenvalue weighted by molar-refractivity contribution is -0.252. The molecule has 1 aliphatic heterocycles. The van der Waals surface area contributed by atoms with Gasteiger partial charge in [-0.3, -0.25) is 0 Å². The molecule has 0 saturated heterocycles. The average molecular weight is 711 g/mol. The molecule has 50 heavy (non-hydrogen) atoms. The maximum Gasteiger partial charge on any atom is 0.241 e. The molecule has 0 amide bonds. The molecule has 2 heterocycles. The molecule has 11 heteroatoms. The smallest absolute Gasteiger partial charge is 0.241 e. The van der Waals surface area contributed by atoms with Crippen LogP contribution >= 0.6 is 11.6 Å². The van der Waals surface area contributed by atoms with Crippen molar-refractivity contribution in [1.29, 1.82) is 0 Å². The van der Waals surface area contributed by atoms with Crippen LogP contribution in [0.15, 0.2) is 66.5 Å². The number of unbranched alkanes of at least 4 members (excludes halogenated alkanes) is 2. The van der Waals surface area contributed by atoms with E-state index in [4.69, 9.17) is 35.8 Å². The number of aliphatic hydroxyl groups excluding tert-OH is 2. The van der Waals surface area contributed by atoms with Gasteiger partial charge in [0, 0.05) is 37.0 Å². The van der Waals surface area contributed by atoms with Crippen LogP contribution in [0.1, 0.15) is 95.4 Å². The van der Waals surface area contributed by atoms with E-state index in [-0.39, 0.29) is 43.5 Å². The lowest BCUT2D eigenvalue weighted by Gasteiger charge is -2.58. The Hall–Kier alpha value is -3.18. The standard InChI is InChI=1S/C39H55ClN4O6/c1-6-21-47-29-16-17-34-32(24-29)36-30(15-9-11-20-46)27(13-8-10-19-45)23-31-33(42-50-38(3,4)5)25-35(39(49-34,37(31)36)48-22-7-2)44-28(14-12-18-40)26-41-43-44/h6-7,16-17,23-24,26-27,30,35-37,45-46H,1-2,8-15,18-22,25H2,3-5H3/t27-,30+,35-,36+,37+,39+/m0/s1. The monoisotopic (exact) mass is 710 g/mol. The number of benzene rings is 1. The molecule has 1 aromatic carbocycles. The zero-order chi connectivity index (χ0) is 35.7. The first-order chi connectivity index (χ1) is 24.2. The summed E-state index contributed by atoms with van der Waals surface area (Å²) in [7, 11) is 0. The van der Waals surface area contributed by atoms with Crippen molar-refractivity contribution >= 4 is 17.3 Å². The fraction of sp³-hybridized carbons (Fsp3) is 0.615. The third-order valence-corrected chi connectivity index (χ3v) is 10.2. The van der Waals surface area contributed by atoms with E-state index in [2.05, 4.69) is 35.6 Å². The topological polar surface area (TPSA) is 120 Å². The molecule has 0 bridgehead atoms. The molecule has 2 aromatic rings. The predicted octanol–water partition coefficient (Wildman–Crippen LogP) is 7.32. The number of aliphatic hydroxyl groups is 2. The number of oxime groups is 1. The van der Waals surface area contributed by atoms with Gasteiger partial charge < -0.3 is 29.3 Å². The molecule has 1 aromatic heterocycles. The number of aromatic nitrogens is 3. The van der Waals surface area contributed by atoms with E-state index in [1.165, 1.54) is 0 Å². The summed E-state index contributed by atoms with van der Waals surface area (Å²) in [4.78, 5) is 6.18. The number of hydrogen-bond acceptors (Lipinski definition) is 9. The van der Waals surface area contributed by atoms with Gasteiger partial charge >= 0.3 is 0 Å². The molecule has 3 aliphatic rings. The highest BCUT2D eigenvalue weighted by molar-refractivity contribution is 6.17. The molecule has 274 valence electrons. The first-order valence-electron chi connectivity index (χ1n) is 18.2. The maximum absolute atomic E-state index is 9.83. The second-order valence-corrected chi connectivity index (χ2v) is 14.9. The number of fused-ring (bicyclic) bond motifs is 2. The Morgan fingerprint density at radius 3 is 2.54 bits per heavy atom. The second kappa shape index (κ2) is 17.4. The minimum absolute atomic E-state index is 0.0638. The van der Waals surface area contributed by atoms with E-state index in [0.717, 1.165) is 79.0 Å². The van der Waals surface area contributed by atoms with Gasteiger partial charge in [-0.1, -0.05) is 48.0 Å². The van der Waals surface area contributed by atoms with Crippen LogP contribution < -0.4 is 9.47 Å². The summed E-state index contributed by atoms with van der Waals surface area (Å²) < 4.78 is 22.3. The molecule has 6 atom stereocenters. The van der Waals surface area contributed by atoms with Crippen LogP contribution in [0.3, 0.4) is 0 Å². The third-order valence-electron chi connectivity index (χ3n) is 9.95. The van der Waals surface area contributed by atoms with Crippen LogP contribution in [0.4, 0.5) is 0 Å². The van der Waals surface area contributed by atoms with Crippen LogP contribution in [-0.4, -0.2) is 74.6 Å². The summed E-state index contributed by atoms with van der Waals surface area (Å²) in [6.07, 6.45) is 14.6. The van der Waals surface area contributed by atoms with E-state index < -0.39 is 17.4 Å². The second-order valence-electron chi connectivity index (χ2n) is 14.5. The van der Waals surface area contributed by atoms with Gasteiger partial charge in [-0.05, 0) is 94.9 Å². The van der Waals surface area contributed by atoms with Crippen molar-refractivity contribution in [1.82, 2.24) is 15.0 Å². The zero-order valence-corrected chi connectivity index (χ0v) is 30.7. The number of ether oxygens (including phenoxy) is 3. The van der Waals surface area contributed by atoms with E-state index in [1.54, 1.807) is 18.3 Å². The van der Waals surface area contributed by atoms with Crippen LogP contribution in [0.5, 0.6) is 11.5 Å². The fourth-order valence-electron chi connectivity index (χ4n) is 7.97. The average Bonchev–Trinajstić information content (AvgIpc) is 3.57. The Labute approximate surface area is 302 Å². The Balaban J connectivity index is 1.79. The molecule has 2 N–H and O–H groups in total. The first kappa shape index (κ1) is 38.1.